The lowest BCUT2D eigenvalue weighted by molar-refractivity contribution is 0.626. The van der Waals surface area contributed by atoms with Crippen molar-refractivity contribution < 1.29 is 8.78 Å². The Morgan fingerprint density at radius 2 is 1.62 bits per heavy atom. The summed E-state index contributed by atoms with van der Waals surface area (Å²) in [6.45, 7) is 0. The molecule has 0 aliphatic carbocycles. The molecule has 0 saturated heterocycles. The van der Waals surface area contributed by atoms with Gasteiger partial charge in [-0.1, -0.05) is 41.4 Å². The van der Waals surface area contributed by atoms with Crippen LogP contribution in [0.2, 0.25) is 10.0 Å². The summed E-state index contributed by atoms with van der Waals surface area (Å²) in [6, 6.07) is 8.65. The molecule has 16 heavy (non-hydrogen) atoms. The molecule has 0 fully saturated rings. The molecule has 0 spiro atoms. The zero-order valence-corrected chi connectivity index (χ0v) is 9.49. The second kappa shape index (κ2) is 4.40. The number of halogens is 4. The SMILES string of the molecule is Fc1ccc(-c2cccc(Cl)c2F)cc1Cl. The van der Waals surface area contributed by atoms with Crippen molar-refractivity contribution in [3.05, 3.63) is 58.1 Å². The molecule has 0 amide bonds. The van der Waals surface area contributed by atoms with Gasteiger partial charge in [-0.2, -0.15) is 0 Å². The molecule has 82 valence electrons. The minimum absolute atomic E-state index is 0.0259. The molecule has 0 nitrogen and oxygen atoms in total. The van der Waals surface area contributed by atoms with Crippen molar-refractivity contribution in [2.24, 2.45) is 0 Å². The smallest absolute Gasteiger partial charge is 0.149 e. The van der Waals surface area contributed by atoms with E-state index in [0.717, 1.165) is 0 Å². The van der Waals surface area contributed by atoms with Crippen molar-refractivity contribution in [1.82, 2.24) is 0 Å². The highest BCUT2D eigenvalue weighted by Gasteiger charge is 2.09. The van der Waals surface area contributed by atoms with Gasteiger partial charge in [0.2, 0.25) is 0 Å². The van der Waals surface area contributed by atoms with Crippen molar-refractivity contribution >= 4 is 23.2 Å². The van der Waals surface area contributed by atoms with Crippen LogP contribution in [0, 0.1) is 11.6 Å². The molecular weight excluding hydrogens is 253 g/mol. The van der Waals surface area contributed by atoms with Gasteiger partial charge >= 0.3 is 0 Å². The van der Waals surface area contributed by atoms with E-state index in [4.69, 9.17) is 23.2 Å². The predicted molar refractivity (Wildman–Crippen MR) is 61.8 cm³/mol. The van der Waals surface area contributed by atoms with Crippen LogP contribution >= 0.6 is 23.2 Å². The number of hydrogen-bond acceptors (Lipinski definition) is 0. The van der Waals surface area contributed by atoms with E-state index < -0.39 is 11.6 Å². The Bertz CT molecular complexity index is 539. The molecule has 0 saturated carbocycles. The van der Waals surface area contributed by atoms with Gasteiger partial charge in [0.15, 0.2) is 0 Å². The Balaban J connectivity index is 2.59. The predicted octanol–water partition coefficient (Wildman–Crippen LogP) is 4.94. The molecule has 0 radical (unpaired) electrons. The minimum Gasteiger partial charge on any atom is -0.205 e. The molecule has 0 aliphatic heterocycles. The topological polar surface area (TPSA) is 0 Å². The van der Waals surface area contributed by atoms with Crippen LogP contribution in [0.4, 0.5) is 8.78 Å². The van der Waals surface area contributed by atoms with Crippen molar-refractivity contribution in [1.29, 1.82) is 0 Å². The monoisotopic (exact) mass is 258 g/mol. The third-order valence-corrected chi connectivity index (χ3v) is 2.76. The highest BCUT2D eigenvalue weighted by molar-refractivity contribution is 6.31. The van der Waals surface area contributed by atoms with Crippen LogP contribution in [0.1, 0.15) is 0 Å². The summed E-state index contributed by atoms with van der Waals surface area (Å²) in [5.74, 6) is -1.07. The average Bonchev–Trinajstić information content (AvgIpc) is 2.26. The maximum absolute atomic E-state index is 13.7. The van der Waals surface area contributed by atoms with E-state index in [9.17, 15) is 8.78 Å². The summed E-state index contributed by atoms with van der Waals surface area (Å²) in [7, 11) is 0. The first kappa shape index (κ1) is 11.4. The molecule has 2 rings (SSSR count). The first-order valence-electron chi connectivity index (χ1n) is 4.49. The highest BCUT2D eigenvalue weighted by Crippen LogP contribution is 2.29. The van der Waals surface area contributed by atoms with Crippen molar-refractivity contribution in [2.45, 2.75) is 0 Å². The van der Waals surface area contributed by atoms with E-state index in [0.29, 0.717) is 11.1 Å². The summed E-state index contributed by atoms with van der Waals surface area (Å²) in [5.41, 5.74) is 0.792. The lowest BCUT2D eigenvalue weighted by atomic mass is 10.1. The van der Waals surface area contributed by atoms with Gasteiger partial charge in [-0.3, -0.25) is 0 Å². The van der Waals surface area contributed by atoms with E-state index in [-0.39, 0.29) is 10.0 Å². The third-order valence-electron chi connectivity index (χ3n) is 2.18. The number of hydrogen-bond donors (Lipinski definition) is 0. The average molecular weight is 259 g/mol. The lowest BCUT2D eigenvalue weighted by Gasteiger charge is -2.05. The van der Waals surface area contributed by atoms with Crippen molar-refractivity contribution in [3.63, 3.8) is 0 Å². The first-order chi connectivity index (χ1) is 7.59. The molecule has 4 heteroatoms. The Morgan fingerprint density at radius 3 is 2.31 bits per heavy atom. The molecular formula is C12H6Cl2F2. The molecule has 0 N–H and O–H groups in total. The fourth-order valence-corrected chi connectivity index (χ4v) is 1.75. The quantitative estimate of drug-likeness (QED) is 0.680. The van der Waals surface area contributed by atoms with Gasteiger partial charge < -0.3 is 0 Å². The number of benzene rings is 2. The van der Waals surface area contributed by atoms with Crippen LogP contribution in [0.3, 0.4) is 0 Å². The molecule has 0 heterocycles. The molecule has 0 aliphatic rings. The zero-order chi connectivity index (χ0) is 11.7. The van der Waals surface area contributed by atoms with Crippen LogP contribution in [-0.2, 0) is 0 Å². The Kier molecular flexibility index (Phi) is 3.13. The van der Waals surface area contributed by atoms with Gasteiger partial charge in [-0.25, -0.2) is 8.78 Å². The van der Waals surface area contributed by atoms with Gasteiger partial charge in [0.05, 0.1) is 10.0 Å². The minimum atomic E-state index is -0.535. The summed E-state index contributed by atoms with van der Waals surface area (Å²) in [5, 5.41) is -0.0187. The van der Waals surface area contributed by atoms with Crippen LogP contribution in [0.5, 0.6) is 0 Å². The molecule has 0 atom stereocenters. The van der Waals surface area contributed by atoms with E-state index in [1.54, 1.807) is 12.1 Å². The lowest BCUT2D eigenvalue weighted by Crippen LogP contribution is -1.86. The second-order valence-corrected chi connectivity index (χ2v) is 4.04. The second-order valence-electron chi connectivity index (χ2n) is 3.23. The van der Waals surface area contributed by atoms with E-state index in [1.165, 1.54) is 24.3 Å². The zero-order valence-electron chi connectivity index (χ0n) is 7.98. The van der Waals surface area contributed by atoms with Crippen LogP contribution in [0.15, 0.2) is 36.4 Å². The number of rotatable bonds is 1. The van der Waals surface area contributed by atoms with E-state index in [1.807, 2.05) is 0 Å². The molecule has 2 aromatic carbocycles. The van der Waals surface area contributed by atoms with Crippen LogP contribution in [0.25, 0.3) is 11.1 Å². The standard InChI is InChI=1S/C12H6Cl2F2/c13-9-3-1-2-8(12(9)16)7-4-5-11(15)10(14)6-7/h1-6H. The van der Waals surface area contributed by atoms with Crippen LogP contribution in [-0.4, -0.2) is 0 Å². The van der Waals surface area contributed by atoms with E-state index in [2.05, 4.69) is 0 Å². The highest BCUT2D eigenvalue weighted by atomic mass is 35.5. The van der Waals surface area contributed by atoms with Crippen molar-refractivity contribution in [3.8, 4) is 11.1 Å². The van der Waals surface area contributed by atoms with Gasteiger partial charge in [-0.05, 0) is 23.8 Å². The first-order valence-corrected chi connectivity index (χ1v) is 5.24. The summed E-state index contributed by atoms with van der Waals surface area (Å²) in [4.78, 5) is 0. The third kappa shape index (κ3) is 2.04. The Hall–Kier alpha value is -1.12. The molecule has 0 unspecified atom stereocenters. The fourth-order valence-electron chi connectivity index (χ4n) is 1.39. The molecule has 2 aromatic rings. The largest absolute Gasteiger partial charge is 0.205 e. The van der Waals surface area contributed by atoms with Gasteiger partial charge in [0.1, 0.15) is 11.6 Å². The summed E-state index contributed by atoms with van der Waals surface area (Å²) >= 11 is 11.3. The van der Waals surface area contributed by atoms with Gasteiger partial charge in [0, 0.05) is 5.56 Å². The fraction of sp³-hybridized carbons (Fsp3) is 0. The van der Waals surface area contributed by atoms with E-state index >= 15 is 0 Å². The van der Waals surface area contributed by atoms with Crippen LogP contribution < -0.4 is 0 Å². The van der Waals surface area contributed by atoms with Gasteiger partial charge in [0.25, 0.3) is 0 Å². The Morgan fingerprint density at radius 1 is 0.875 bits per heavy atom. The normalized spacial score (nSPS) is 10.5. The summed E-state index contributed by atoms with van der Waals surface area (Å²) < 4.78 is 26.6. The maximum atomic E-state index is 13.7. The van der Waals surface area contributed by atoms with Crippen molar-refractivity contribution in [2.75, 3.05) is 0 Å². The molecule has 0 aromatic heterocycles. The maximum Gasteiger partial charge on any atom is 0.149 e. The molecule has 0 bridgehead atoms. The Labute approximate surface area is 101 Å². The van der Waals surface area contributed by atoms with Gasteiger partial charge in [-0.15, -0.1) is 0 Å². The summed E-state index contributed by atoms with van der Waals surface area (Å²) in [6.07, 6.45) is 0.